The smallest absolute Gasteiger partial charge is 0.306 e. The molecule has 0 aromatic carbocycles. The second kappa shape index (κ2) is 6.36. The van der Waals surface area contributed by atoms with Crippen molar-refractivity contribution in [1.82, 2.24) is 19.1 Å². The van der Waals surface area contributed by atoms with Crippen LogP contribution in [-0.4, -0.2) is 31.7 Å². The molecule has 2 aromatic rings. The van der Waals surface area contributed by atoms with E-state index in [1.807, 2.05) is 42.5 Å². The molecular formula is C14H20N4O2. The highest BCUT2D eigenvalue weighted by Gasteiger charge is 2.25. The molecule has 0 bridgehead atoms. The lowest BCUT2D eigenvalue weighted by Crippen LogP contribution is -2.18. The first-order valence-corrected chi connectivity index (χ1v) is 6.73. The Morgan fingerprint density at radius 2 is 1.75 bits per heavy atom. The third-order valence-corrected chi connectivity index (χ3v) is 3.18. The van der Waals surface area contributed by atoms with Gasteiger partial charge in [0.15, 0.2) is 0 Å². The van der Waals surface area contributed by atoms with Crippen LogP contribution in [0.5, 0.6) is 0 Å². The number of aromatic nitrogens is 4. The zero-order valence-electron chi connectivity index (χ0n) is 12.1. The minimum atomic E-state index is -0.220. The quantitative estimate of drug-likeness (QED) is 0.752. The zero-order chi connectivity index (χ0) is 14.5. The van der Waals surface area contributed by atoms with Crippen molar-refractivity contribution >= 4 is 5.97 Å². The molecule has 0 amide bonds. The summed E-state index contributed by atoms with van der Waals surface area (Å²) in [4.78, 5) is 20.6. The highest BCUT2D eigenvalue weighted by Crippen LogP contribution is 2.25. The fraction of sp³-hybridized carbons (Fsp3) is 0.500. The van der Waals surface area contributed by atoms with E-state index in [1.165, 1.54) is 0 Å². The second-order valence-electron chi connectivity index (χ2n) is 4.77. The first kappa shape index (κ1) is 14.3. The largest absolute Gasteiger partial charge is 0.466 e. The van der Waals surface area contributed by atoms with Gasteiger partial charge in [0.1, 0.15) is 11.6 Å². The maximum Gasteiger partial charge on any atom is 0.306 e. The molecule has 0 aliphatic rings. The molecule has 0 saturated carbocycles. The van der Waals surface area contributed by atoms with Crippen molar-refractivity contribution in [3.8, 4) is 0 Å². The van der Waals surface area contributed by atoms with Crippen LogP contribution in [-0.2, 0) is 23.6 Å². The van der Waals surface area contributed by atoms with Crippen molar-refractivity contribution < 1.29 is 9.53 Å². The Balaban J connectivity index is 2.24. The van der Waals surface area contributed by atoms with E-state index >= 15 is 0 Å². The van der Waals surface area contributed by atoms with Crippen LogP contribution in [0.25, 0.3) is 0 Å². The summed E-state index contributed by atoms with van der Waals surface area (Å²) in [5.41, 5.74) is 0. The fourth-order valence-electron chi connectivity index (χ4n) is 2.17. The number of carbonyl (C=O) groups excluding carboxylic acids is 1. The van der Waals surface area contributed by atoms with Crippen molar-refractivity contribution in [3.05, 3.63) is 36.4 Å². The van der Waals surface area contributed by atoms with E-state index in [2.05, 4.69) is 9.97 Å². The van der Waals surface area contributed by atoms with E-state index in [0.717, 1.165) is 18.1 Å². The van der Waals surface area contributed by atoms with Crippen molar-refractivity contribution in [2.75, 3.05) is 6.61 Å². The third kappa shape index (κ3) is 3.07. The lowest BCUT2D eigenvalue weighted by molar-refractivity contribution is -0.144. The van der Waals surface area contributed by atoms with Gasteiger partial charge in [0.2, 0.25) is 0 Å². The standard InChI is InChI=1S/C14H20N4O2/c1-4-9-20-12(19)10-11(13-15-5-7-17(13)2)14-16-6-8-18(14)3/h5-8,11H,4,9-10H2,1-3H3. The van der Waals surface area contributed by atoms with Gasteiger partial charge in [-0.2, -0.15) is 0 Å². The number of hydrogen-bond donors (Lipinski definition) is 0. The molecule has 20 heavy (non-hydrogen) atoms. The molecule has 0 unspecified atom stereocenters. The summed E-state index contributed by atoms with van der Waals surface area (Å²) < 4.78 is 9.00. The summed E-state index contributed by atoms with van der Waals surface area (Å²) in [5.74, 6) is 1.21. The number of carbonyl (C=O) groups is 1. The number of nitrogens with zero attached hydrogens (tertiary/aromatic N) is 4. The number of imidazole rings is 2. The molecule has 6 heteroatoms. The molecule has 0 radical (unpaired) electrons. The summed E-state index contributed by atoms with van der Waals surface area (Å²) in [6, 6.07) is 0. The summed E-state index contributed by atoms with van der Waals surface area (Å²) in [6.45, 7) is 2.43. The van der Waals surface area contributed by atoms with Crippen LogP contribution >= 0.6 is 0 Å². The van der Waals surface area contributed by atoms with Gasteiger partial charge >= 0.3 is 5.97 Å². The van der Waals surface area contributed by atoms with Crippen LogP contribution in [0.3, 0.4) is 0 Å². The average molecular weight is 276 g/mol. The number of hydrogen-bond acceptors (Lipinski definition) is 4. The summed E-state index contributed by atoms with van der Waals surface area (Å²) in [7, 11) is 3.82. The zero-order valence-corrected chi connectivity index (χ0v) is 12.1. The van der Waals surface area contributed by atoms with Crippen molar-refractivity contribution in [3.63, 3.8) is 0 Å². The van der Waals surface area contributed by atoms with Gasteiger partial charge in [-0.3, -0.25) is 4.79 Å². The monoisotopic (exact) mass is 276 g/mol. The molecule has 108 valence electrons. The molecule has 0 atom stereocenters. The van der Waals surface area contributed by atoms with Crippen LogP contribution in [0.2, 0.25) is 0 Å². The minimum absolute atomic E-state index is 0.195. The molecule has 2 rings (SSSR count). The van der Waals surface area contributed by atoms with Gasteiger partial charge in [0.05, 0.1) is 18.9 Å². The molecule has 0 aliphatic heterocycles. The molecular weight excluding hydrogens is 256 g/mol. The van der Waals surface area contributed by atoms with E-state index in [4.69, 9.17) is 4.74 Å². The summed E-state index contributed by atoms with van der Waals surface area (Å²) >= 11 is 0. The number of aryl methyl sites for hydroxylation is 2. The molecule has 0 fully saturated rings. The summed E-state index contributed by atoms with van der Waals surface area (Å²) in [5, 5.41) is 0. The second-order valence-corrected chi connectivity index (χ2v) is 4.77. The topological polar surface area (TPSA) is 61.9 Å². The van der Waals surface area contributed by atoms with Gasteiger partial charge < -0.3 is 13.9 Å². The number of esters is 1. The van der Waals surface area contributed by atoms with Crippen LogP contribution < -0.4 is 0 Å². The van der Waals surface area contributed by atoms with Gasteiger partial charge in [0.25, 0.3) is 0 Å². The van der Waals surface area contributed by atoms with E-state index in [0.29, 0.717) is 6.61 Å². The van der Waals surface area contributed by atoms with Crippen LogP contribution in [0, 0.1) is 0 Å². The van der Waals surface area contributed by atoms with Crippen molar-refractivity contribution in [1.29, 1.82) is 0 Å². The van der Waals surface area contributed by atoms with Crippen LogP contribution in [0.15, 0.2) is 24.8 Å². The lowest BCUT2D eigenvalue weighted by atomic mass is 10.0. The van der Waals surface area contributed by atoms with E-state index in [9.17, 15) is 4.79 Å². The van der Waals surface area contributed by atoms with Crippen LogP contribution in [0.4, 0.5) is 0 Å². The molecule has 2 aromatic heterocycles. The maximum atomic E-state index is 11.9. The first-order valence-electron chi connectivity index (χ1n) is 6.73. The molecule has 0 spiro atoms. The first-order chi connectivity index (χ1) is 9.63. The highest BCUT2D eigenvalue weighted by atomic mass is 16.5. The van der Waals surface area contributed by atoms with Crippen molar-refractivity contribution in [2.45, 2.75) is 25.7 Å². The van der Waals surface area contributed by atoms with Gasteiger partial charge in [-0.1, -0.05) is 6.92 Å². The Morgan fingerprint density at radius 3 is 2.15 bits per heavy atom. The third-order valence-electron chi connectivity index (χ3n) is 3.18. The van der Waals surface area contributed by atoms with E-state index in [1.54, 1.807) is 12.4 Å². The van der Waals surface area contributed by atoms with Gasteiger partial charge in [-0.05, 0) is 6.42 Å². The van der Waals surface area contributed by atoms with E-state index < -0.39 is 0 Å². The van der Waals surface area contributed by atoms with E-state index in [-0.39, 0.29) is 18.3 Å². The predicted molar refractivity (Wildman–Crippen MR) is 74.1 cm³/mol. The molecule has 0 saturated heterocycles. The number of ether oxygens (including phenoxy) is 1. The van der Waals surface area contributed by atoms with Gasteiger partial charge in [0, 0.05) is 38.9 Å². The highest BCUT2D eigenvalue weighted by molar-refractivity contribution is 5.70. The molecule has 0 aliphatic carbocycles. The normalized spacial score (nSPS) is 11.0. The lowest BCUT2D eigenvalue weighted by Gasteiger charge is -2.16. The maximum absolute atomic E-state index is 11.9. The average Bonchev–Trinajstić information content (AvgIpc) is 3.02. The molecule has 2 heterocycles. The van der Waals surface area contributed by atoms with Crippen LogP contribution in [0.1, 0.15) is 37.3 Å². The Kier molecular flexibility index (Phi) is 4.55. The minimum Gasteiger partial charge on any atom is -0.466 e. The Labute approximate surface area is 118 Å². The predicted octanol–water partition coefficient (Wildman–Crippen LogP) is 1.63. The van der Waals surface area contributed by atoms with Gasteiger partial charge in [-0.25, -0.2) is 9.97 Å². The Morgan fingerprint density at radius 1 is 1.20 bits per heavy atom. The van der Waals surface area contributed by atoms with Crippen molar-refractivity contribution in [2.24, 2.45) is 14.1 Å². The Hall–Kier alpha value is -2.11. The fourth-order valence-corrected chi connectivity index (χ4v) is 2.17. The van der Waals surface area contributed by atoms with Gasteiger partial charge in [-0.15, -0.1) is 0 Å². The Bertz CT molecular complexity index is 533. The SMILES string of the molecule is CCCOC(=O)CC(c1nccn1C)c1nccn1C. The number of rotatable bonds is 6. The molecule has 6 nitrogen and oxygen atoms in total. The molecule has 0 N–H and O–H groups in total. The summed E-state index contributed by atoms with van der Waals surface area (Å²) in [6.07, 6.45) is 8.24.